The van der Waals surface area contributed by atoms with E-state index in [1.165, 1.54) is 0 Å². The number of aromatic nitrogens is 4. The first-order chi connectivity index (χ1) is 8.17. The molecule has 0 saturated heterocycles. The van der Waals surface area contributed by atoms with Crippen molar-refractivity contribution in [2.45, 2.75) is 40.0 Å². The molecule has 2 aromatic rings. The summed E-state index contributed by atoms with van der Waals surface area (Å²) in [6, 6.07) is 0. The Hall–Kier alpha value is -1.30. The lowest BCUT2D eigenvalue weighted by atomic mass is 10.1. The minimum absolute atomic E-state index is 0.438. The van der Waals surface area contributed by atoms with Crippen LogP contribution in [0.5, 0.6) is 0 Å². The topological polar surface area (TPSA) is 64.7 Å². The maximum absolute atomic E-state index is 5.36. The van der Waals surface area contributed by atoms with Crippen molar-refractivity contribution in [3.63, 3.8) is 0 Å². The molecule has 1 atom stereocenters. The Morgan fingerprint density at radius 3 is 2.47 bits per heavy atom. The summed E-state index contributed by atoms with van der Waals surface area (Å²) in [5, 5.41) is 18.3. The second kappa shape index (κ2) is 5.35. The van der Waals surface area contributed by atoms with Crippen LogP contribution in [0.1, 0.15) is 35.6 Å². The van der Waals surface area contributed by atoms with Gasteiger partial charge in [0.25, 0.3) is 0 Å². The summed E-state index contributed by atoms with van der Waals surface area (Å²) in [6.45, 7) is 6.06. The zero-order valence-electron chi connectivity index (χ0n) is 10.3. The number of hydrogen-bond donors (Lipinski definition) is 0. The van der Waals surface area contributed by atoms with E-state index in [2.05, 4.69) is 34.2 Å². The molecular formula is C11H16N4OS. The highest BCUT2D eigenvalue weighted by Gasteiger charge is 2.12. The summed E-state index contributed by atoms with van der Waals surface area (Å²) in [7, 11) is 0. The molecule has 0 bridgehead atoms. The third-order valence-electron chi connectivity index (χ3n) is 2.43. The minimum atomic E-state index is 0.438. The molecule has 92 valence electrons. The average molecular weight is 252 g/mol. The largest absolute Gasteiger partial charge is 0.426 e. The van der Waals surface area contributed by atoms with Crippen LogP contribution in [0.25, 0.3) is 0 Å². The van der Waals surface area contributed by atoms with Crippen molar-refractivity contribution in [1.82, 2.24) is 20.4 Å². The minimum Gasteiger partial charge on any atom is -0.426 e. The summed E-state index contributed by atoms with van der Waals surface area (Å²) < 4.78 is 5.36. The van der Waals surface area contributed by atoms with Crippen LogP contribution < -0.4 is 0 Å². The molecule has 0 saturated carbocycles. The molecule has 0 aromatic carbocycles. The van der Waals surface area contributed by atoms with Gasteiger partial charge in [-0.25, -0.2) is 0 Å². The molecule has 0 fully saturated rings. The van der Waals surface area contributed by atoms with Crippen molar-refractivity contribution >= 4 is 11.3 Å². The van der Waals surface area contributed by atoms with Crippen LogP contribution in [-0.2, 0) is 19.3 Å². The van der Waals surface area contributed by atoms with Gasteiger partial charge in [0.15, 0.2) is 0 Å². The van der Waals surface area contributed by atoms with E-state index in [4.69, 9.17) is 4.42 Å². The van der Waals surface area contributed by atoms with Gasteiger partial charge in [0.05, 0.1) is 0 Å². The normalized spacial score (nSPS) is 12.9. The molecule has 1 unspecified atom stereocenters. The number of nitrogens with zero attached hydrogens (tertiary/aromatic N) is 4. The predicted molar refractivity (Wildman–Crippen MR) is 64.9 cm³/mol. The molecule has 0 N–H and O–H groups in total. The standard InChI is InChI=1S/C11H16N4OS/c1-4-10-14-15-11(17-10)6-7(2)5-9-13-12-8(3)16-9/h7H,4-6H2,1-3H3. The SMILES string of the molecule is CCc1nnc(CC(C)Cc2nnc(C)o2)s1. The first kappa shape index (κ1) is 12.2. The van der Waals surface area contributed by atoms with Crippen molar-refractivity contribution in [1.29, 1.82) is 0 Å². The maximum atomic E-state index is 5.36. The van der Waals surface area contributed by atoms with Crippen molar-refractivity contribution in [2.75, 3.05) is 0 Å². The van der Waals surface area contributed by atoms with E-state index in [0.717, 1.165) is 29.3 Å². The van der Waals surface area contributed by atoms with Crippen LogP contribution in [0, 0.1) is 12.8 Å². The molecule has 6 heteroatoms. The van der Waals surface area contributed by atoms with Gasteiger partial charge in [0, 0.05) is 19.8 Å². The van der Waals surface area contributed by atoms with Crippen molar-refractivity contribution in [3.05, 3.63) is 21.8 Å². The Morgan fingerprint density at radius 1 is 1.12 bits per heavy atom. The summed E-state index contributed by atoms with van der Waals surface area (Å²) >= 11 is 1.69. The molecule has 0 radical (unpaired) electrons. The Labute approximate surface area is 104 Å². The average Bonchev–Trinajstić information content (AvgIpc) is 2.88. The van der Waals surface area contributed by atoms with Crippen LogP contribution in [0.15, 0.2) is 4.42 Å². The van der Waals surface area contributed by atoms with E-state index in [9.17, 15) is 0 Å². The van der Waals surface area contributed by atoms with Crippen LogP contribution in [-0.4, -0.2) is 20.4 Å². The van der Waals surface area contributed by atoms with E-state index >= 15 is 0 Å². The van der Waals surface area contributed by atoms with Gasteiger partial charge in [0.2, 0.25) is 11.8 Å². The van der Waals surface area contributed by atoms with E-state index in [1.807, 2.05) is 0 Å². The van der Waals surface area contributed by atoms with Gasteiger partial charge in [-0.3, -0.25) is 0 Å². The summed E-state index contributed by atoms with van der Waals surface area (Å²) in [5.41, 5.74) is 0. The highest BCUT2D eigenvalue weighted by Crippen LogP contribution is 2.17. The summed E-state index contributed by atoms with van der Waals surface area (Å²) in [4.78, 5) is 0. The molecule has 0 aliphatic carbocycles. The quantitative estimate of drug-likeness (QED) is 0.816. The fraction of sp³-hybridized carbons (Fsp3) is 0.636. The predicted octanol–water partition coefficient (Wildman–Crippen LogP) is 2.21. The molecule has 2 aromatic heterocycles. The van der Waals surface area contributed by atoms with Gasteiger partial charge >= 0.3 is 0 Å². The Morgan fingerprint density at radius 2 is 1.88 bits per heavy atom. The zero-order valence-corrected chi connectivity index (χ0v) is 11.1. The van der Waals surface area contributed by atoms with Crippen LogP contribution in [0.2, 0.25) is 0 Å². The van der Waals surface area contributed by atoms with Gasteiger partial charge in [0.1, 0.15) is 10.0 Å². The molecule has 2 rings (SSSR count). The molecule has 0 aliphatic rings. The maximum Gasteiger partial charge on any atom is 0.216 e. The van der Waals surface area contributed by atoms with Crippen LogP contribution in [0.3, 0.4) is 0 Å². The van der Waals surface area contributed by atoms with E-state index < -0.39 is 0 Å². The lowest BCUT2D eigenvalue weighted by Crippen LogP contribution is -2.04. The molecule has 0 aliphatic heterocycles. The summed E-state index contributed by atoms with van der Waals surface area (Å²) in [5.74, 6) is 1.76. The fourth-order valence-corrected chi connectivity index (χ4v) is 2.55. The third kappa shape index (κ3) is 3.33. The van der Waals surface area contributed by atoms with Crippen molar-refractivity contribution in [2.24, 2.45) is 5.92 Å². The van der Waals surface area contributed by atoms with Gasteiger partial charge in [-0.05, 0) is 12.3 Å². The second-order valence-corrected chi connectivity index (χ2v) is 5.32. The van der Waals surface area contributed by atoms with Gasteiger partial charge in [-0.15, -0.1) is 31.7 Å². The number of aryl methyl sites for hydroxylation is 2. The second-order valence-electron chi connectivity index (χ2n) is 4.17. The lowest BCUT2D eigenvalue weighted by molar-refractivity contribution is 0.425. The van der Waals surface area contributed by atoms with E-state index in [-0.39, 0.29) is 0 Å². The summed E-state index contributed by atoms with van der Waals surface area (Å²) in [6.07, 6.45) is 2.66. The Balaban J connectivity index is 1.90. The number of hydrogen-bond acceptors (Lipinski definition) is 6. The monoisotopic (exact) mass is 252 g/mol. The molecular weight excluding hydrogens is 236 g/mol. The zero-order chi connectivity index (χ0) is 12.3. The first-order valence-corrected chi connectivity index (χ1v) is 6.59. The molecule has 17 heavy (non-hydrogen) atoms. The smallest absolute Gasteiger partial charge is 0.216 e. The van der Waals surface area contributed by atoms with Crippen LogP contribution >= 0.6 is 11.3 Å². The van der Waals surface area contributed by atoms with Crippen LogP contribution in [0.4, 0.5) is 0 Å². The van der Waals surface area contributed by atoms with Gasteiger partial charge < -0.3 is 4.42 Å². The van der Waals surface area contributed by atoms with E-state index in [0.29, 0.717) is 17.7 Å². The Kier molecular flexibility index (Phi) is 3.83. The first-order valence-electron chi connectivity index (χ1n) is 5.77. The molecule has 5 nitrogen and oxygen atoms in total. The molecule has 0 amide bonds. The van der Waals surface area contributed by atoms with Crippen molar-refractivity contribution < 1.29 is 4.42 Å². The van der Waals surface area contributed by atoms with Crippen molar-refractivity contribution in [3.8, 4) is 0 Å². The third-order valence-corrected chi connectivity index (χ3v) is 3.52. The number of rotatable bonds is 5. The lowest BCUT2D eigenvalue weighted by Gasteiger charge is -2.04. The van der Waals surface area contributed by atoms with Gasteiger partial charge in [-0.1, -0.05) is 13.8 Å². The molecule has 2 heterocycles. The van der Waals surface area contributed by atoms with E-state index in [1.54, 1.807) is 18.3 Å². The van der Waals surface area contributed by atoms with Gasteiger partial charge in [-0.2, -0.15) is 0 Å². The Bertz CT molecular complexity index is 479. The highest BCUT2D eigenvalue weighted by molar-refractivity contribution is 7.11. The molecule has 0 spiro atoms. The highest BCUT2D eigenvalue weighted by atomic mass is 32.1. The fourth-order valence-electron chi connectivity index (χ4n) is 1.60.